The van der Waals surface area contributed by atoms with E-state index in [1.807, 2.05) is 0 Å². The standard InChI is InChI=1S/Al.Mg.HNO2.H2O.Zn/c;;2-1-3;;/h;;(H,2,3);1H2;/q;+2;;;+2/p-2. The fourth-order valence-corrected chi connectivity index (χ4v) is 0. The molecule has 0 atom stereocenters. The first-order chi connectivity index (χ1) is 1.41. The van der Waals surface area contributed by atoms with Crippen LogP contribution in [0.15, 0.2) is 5.34 Å². The van der Waals surface area contributed by atoms with E-state index in [4.69, 9.17) is 10.1 Å². The first-order valence-corrected chi connectivity index (χ1v) is 0.365. The molecule has 0 heterocycles. The van der Waals surface area contributed by atoms with Gasteiger partial charge in [0.05, 0.1) is 0 Å². The fraction of sp³-hybridized carbons (Fsp3) is 0. The van der Waals surface area contributed by atoms with Crippen molar-refractivity contribution >= 4 is 40.4 Å². The van der Waals surface area contributed by atoms with Crippen molar-refractivity contribution < 1.29 is 25.0 Å². The number of nitrogens with zero attached hydrogens (tertiary/aromatic N) is 1. The number of rotatable bonds is 0. The van der Waals surface area contributed by atoms with Crippen molar-refractivity contribution in [3.05, 3.63) is 10.1 Å². The predicted molar refractivity (Wildman–Crippen MR) is 22.6 cm³/mol. The van der Waals surface area contributed by atoms with Crippen LogP contribution in [0.2, 0.25) is 0 Å². The first kappa shape index (κ1) is 40.8. The van der Waals surface area contributed by atoms with Gasteiger partial charge in [-0.05, 0) is 0 Å². The third-order valence-electron chi connectivity index (χ3n) is 0. The van der Waals surface area contributed by atoms with Crippen LogP contribution in [0.4, 0.5) is 0 Å². The van der Waals surface area contributed by atoms with Crippen LogP contribution >= 0.6 is 0 Å². The topological polar surface area (TPSA) is 82.5 Å². The molecule has 0 rings (SSSR count). The molecule has 3 radical (unpaired) electrons. The molecule has 0 spiro atoms. The molecule has 0 saturated carbocycles. The van der Waals surface area contributed by atoms with Crippen LogP contribution in [0, 0.1) is 10.1 Å². The molecule has 0 aromatic carbocycles. The molecular formula is HAlMgNO3Zn+2. The van der Waals surface area contributed by atoms with Crippen molar-refractivity contribution in [1.82, 2.24) is 0 Å². The van der Waals surface area contributed by atoms with Gasteiger partial charge in [-0.3, -0.25) is 0 Å². The monoisotopic (exact) mass is 178 g/mol. The Bertz CT molecular complexity index is 22.4. The van der Waals surface area contributed by atoms with E-state index >= 15 is 0 Å². The smallest absolute Gasteiger partial charge is 0.870 e. The summed E-state index contributed by atoms with van der Waals surface area (Å²) in [5.74, 6) is 0. The molecule has 0 aromatic heterocycles. The average molecular weight is 180 g/mol. The van der Waals surface area contributed by atoms with Crippen molar-refractivity contribution in [2.45, 2.75) is 0 Å². The zero-order valence-electron chi connectivity index (χ0n) is 3.70. The van der Waals surface area contributed by atoms with Crippen LogP contribution in [-0.2, 0) is 19.5 Å². The molecule has 7 heavy (non-hydrogen) atoms. The average Bonchev–Trinajstić information content (AvgIpc) is 0.918. The maximum absolute atomic E-state index is 8.00. The van der Waals surface area contributed by atoms with E-state index < -0.39 is 0 Å². The van der Waals surface area contributed by atoms with Crippen molar-refractivity contribution in [1.29, 1.82) is 0 Å². The Labute approximate surface area is 80.3 Å². The second kappa shape index (κ2) is 55.2. The molecule has 0 aliphatic rings. The Hall–Kier alpha value is 1.28. The summed E-state index contributed by atoms with van der Waals surface area (Å²) in [6.07, 6.45) is 0. The van der Waals surface area contributed by atoms with Gasteiger partial charge in [0, 0.05) is 17.4 Å². The van der Waals surface area contributed by atoms with Gasteiger partial charge in [0.1, 0.15) is 0 Å². The second-order valence-corrected chi connectivity index (χ2v) is 0.0745. The molecule has 0 fully saturated rings. The molecule has 29 valence electrons. The zero-order chi connectivity index (χ0) is 2.71. The van der Waals surface area contributed by atoms with Crippen molar-refractivity contribution in [3.63, 3.8) is 0 Å². The summed E-state index contributed by atoms with van der Waals surface area (Å²) in [7, 11) is 0. The maximum Gasteiger partial charge on any atom is 2.00 e. The van der Waals surface area contributed by atoms with Gasteiger partial charge in [0.15, 0.2) is 0 Å². The minimum absolute atomic E-state index is 0. The summed E-state index contributed by atoms with van der Waals surface area (Å²) in [5, 5.41) is 9.00. The van der Waals surface area contributed by atoms with E-state index in [1.165, 1.54) is 0 Å². The van der Waals surface area contributed by atoms with Gasteiger partial charge in [0.2, 0.25) is 0 Å². The summed E-state index contributed by atoms with van der Waals surface area (Å²) in [6, 6.07) is 0. The largest absolute Gasteiger partial charge is 2.00 e. The molecule has 0 bridgehead atoms. The molecule has 4 nitrogen and oxygen atoms in total. The van der Waals surface area contributed by atoms with Crippen LogP contribution in [0.5, 0.6) is 0 Å². The summed E-state index contributed by atoms with van der Waals surface area (Å²) in [4.78, 5) is 8.00. The van der Waals surface area contributed by atoms with Gasteiger partial charge >= 0.3 is 42.5 Å². The normalized spacial score (nSPS) is 1.71. The molecule has 1 N–H and O–H groups in total. The molecule has 7 heteroatoms. The minimum Gasteiger partial charge on any atom is -0.870 e. The van der Waals surface area contributed by atoms with Crippen molar-refractivity contribution in [2.75, 3.05) is 0 Å². The van der Waals surface area contributed by atoms with Crippen LogP contribution in [-0.4, -0.2) is 45.9 Å². The summed E-state index contributed by atoms with van der Waals surface area (Å²) < 4.78 is 0. The van der Waals surface area contributed by atoms with Crippen molar-refractivity contribution in [2.24, 2.45) is 5.34 Å². The molecule has 0 saturated heterocycles. The van der Waals surface area contributed by atoms with E-state index in [2.05, 4.69) is 0 Å². The van der Waals surface area contributed by atoms with Gasteiger partial charge in [-0.15, -0.1) is 5.34 Å². The van der Waals surface area contributed by atoms with Gasteiger partial charge in [-0.2, -0.15) is 0 Å². The quantitative estimate of drug-likeness (QED) is 0.280. The zero-order valence-corrected chi connectivity index (χ0v) is 9.24. The number of hydrogen-bond acceptors (Lipinski definition) is 4. The predicted octanol–water partition coefficient (Wildman–Crippen LogP) is -0.690. The Morgan fingerprint density at radius 3 is 1.43 bits per heavy atom. The van der Waals surface area contributed by atoms with E-state index in [9.17, 15) is 0 Å². The molecule has 0 amide bonds. The Balaban J connectivity index is -0.00000000333. The second-order valence-electron chi connectivity index (χ2n) is 0.0745. The SMILES string of the molecule is O=N[O-].[Al].[Mg+2].[OH-].[Zn+2]. The fourth-order valence-electron chi connectivity index (χ4n) is 0. The summed E-state index contributed by atoms with van der Waals surface area (Å²) in [5.41, 5.74) is 0. The van der Waals surface area contributed by atoms with Crippen LogP contribution in [0.3, 0.4) is 0 Å². The molecule has 0 aliphatic heterocycles. The Morgan fingerprint density at radius 1 is 1.43 bits per heavy atom. The number of hydrogen-bond donors (Lipinski definition) is 0. The van der Waals surface area contributed by atoms with E-state index in [1.54, 1.807) is 0 Å². The van der Waals surface area contributed by atoms with E-state index in [-0.39, 0.29) is 65.4 Å². The van der Waals surface area contributed by atoms with Crippen LogP contribution in [0.1, 0.15) is 0 Å². The molecule has 0 aliphatic carbocycles. The Kier molecular flexibility index (Phi) is 321. The Morgan fingerprint density at radius 2 is 1.43 bits per heavy atom. The van der Waals surface area contributed by atoms with Gasteiger partial charge in [-0.1, -0.05) is 0 Å². The van der Waals surface area contributed by atoms with E-state index in [0.717, 1.165) is 5.34 Å². The maximum atomic E-state index is 8.00. The third-order valence-corrected chi connectivity index (χ3v) is 0. The van der Waals surface area contributed by atoms with Gasteiger partial charge in [0.25, 0.3) is 0 Å². The first-order valence-electron chi connectivity index (χ1n) is 0.365. The summed E-state index contributed by atoms with van der Waals surface area (Å²) in [6.45, 7) is 0. The van der Waals surface area contributed by atoms with E-state index in [0.29, 0.717) is 0 Å². The summed E-state index contributed by atoms with van der Waals surface area (Å²) >= 11 is 0. The molecule has 0 aromatic rings. The van der Waals surface area contributed by atoms with Crippen LogP contribution in [0.25, 0.3) is 0 Å². The van der Waals surface area contributed by atoms with Gasteiger partial charge < -0.3 is 15.6 Å². The minimum atomic E-state index is 0. The van der Waals surface area contributed by atoms with Gasteiger partial charge in [-0.25, -0.2) is 0 Å². The van der Waals surface area contributed by atoms with Crippen molar-refractivity contribution in [3.8, 4) is 0 Å². The third kappa shape index (κ3) is 124. The molecule has 0 unspecified atom stereocenters. The van der Waals surface area contributed by atoms with Crippen LogP contribution < -0.4 is 0 Å². The molecular weight excluding hydrogens is 179 g/mol.